The average Bonchev–Trinajstić information content (AvgIpc) is 2.76. The fourth-order valence-electron chi connectivity index (χ4n) is 2.58. The molecule has 0 fully saturated rings. The van der Waals surface area contributed by atoms with Crippen molar-refractivity contribution in [1.82, 2.24) is 0 Å². The van der Waals surface area contributed by atoms with Gasteiger partial charge >= 0.3 is 0 Å². The number of ether oxygens (including phenoxy) is 1. The molecule has 0 spiro atoms. The Balaban J connectivity index is 1.65. The predicted molar refractivity (Wildman–Crippen MR) is 115 cm³/mol. The number of nitro benzene ring substituents is 1. The number of benzene rings is 3. The molecule has 0 aromatic heterocycles. The summed E-state index contributed by atoms with van der Waals surface area (Å²) in [5, 5.41) is 23.9. The molecule has 0 aliphatic heterocycles. The van der Waals surface area contributed by atoms with Crippen LogP contribution in [-0.4, -0.2) is 11.1 Å². The Labute approximate surface area is 181 Å². The van der Waals surface area contributed by atoms with E-state index < -0.39 is 4.92 Å². The van der Waals surface area contributed by atoms with Crippen LogP contribution < -0.4 is 4.74 Å². The molecule has 0 saturated heterocycles. The lowest BCUT2D eigenvalue weighted by atomic mass is 10.1. The Bertz CT molecular complexity index is 1110. The third-order valence-corrected chi connectivity index (χ3v) is 4.63. The monoisotopic (exact) mass is 465 g/mol. The minimum absolute atomic E-state index is 0.0327. The molecule has 8 heteroatoms. The van der Waals surface area contributed by atoms with Crippen molar-refractivity contribution >= 4 is 27.8 Å². The zero-order chi connectivity index (χ0) is 21.3. The topological polar surface area (TPSA) is 97.8 Å². The molecule has 0 N–H and O–H groups in total. The van der Waals surface area contributed by atoms with Crippen molar-refractivity contribution in [2.24, 2.45) is 5.16 Å². The second kappa shape index (κ2) is 10.2. The molecule has 0 saturated carbocycles. The summed E-state index contributed by atoms with van der Waals surface area (Å²) in [6.07, 6.45) is 1.53. The maximum atomic E-state index is 10.7. The van der Waals surface area contributed by atoms with Crippen LogP contribution in [0.25, 0.3) is 0 Å². The number of nitriles is 1. The number of nitrogens with zero attached hydrogens (tertiary/aromatic N) is 3. The molecule has 7 nitrogen and oxygen atoms in total. The standard InChI is InChI=1S/C22H16BrN3O4/c23-20-7-10-22(29-14-16-5-8-21(9-6-16)26(27)28)19(11-20)13-25-30-15-18-4-2-1-3-17(18)12-24/h1-11,13H,14-15H2/b25-13-. The molecule has 0 amide bonds. The van der Waals surface area contributed by atoms with Crippen LogP contribution in [0.3, 0.4) is 0 Å². The fourth-order valence-corrected chi connectivity index (χ4v) is 2.96. The Morgan fingerprint density at radius 1 is 1.10 bits per heavy atom. The quantitative estimate of drug-likeness (QED) is 0.253. The largest absolute Gasteiger partial charge is 0.488 e. The van der Waals surface area contributed by atoms with Crippen LogP contribution in [0.4, 0.5) is 5.69 Å². The summed E-state index contributed by atoms with van der Waals surface area (Å²) >= 11 is 3.42. The summed E-state index contributed by atoms with van der Waals surface area (Å²) in [6, 6.07) is 20.9. The van der Waals surface area contributed by atoms with Gasteiger partial charge in [-0.2, -0.15) is 5.26 Å². The van der Waals surface area contributed by atoms with Gasteiger partial charge < -0.3 is 9.57 Å². The molecule has 0 bridgehead atoms. The third kappa shape index (κ3) is 5.65. The lowest BCUT2D eigenvalue weighted by Crippen LogP contribution is -1.99. The highest BCUT2D eigenvalue weighted by molar-refractivity contribution is 9.10. The van der Waals surface area contributed by atoms with Crippen molar-refractivity contribution in [3.8, 4) is 11.8 Å². The highest BCUT2D eigenvalue weighted by Gasteiger charge is 2.07. The van der Waals surface area contributed by atoms with Gasteiger partial charge in [0.05, 0.1) is 22.8 Å². The highest BCUT2D eigenvalue weighted by Crippen LogP contribution is 2.23. The highest BCUT2D eigenvalue weighted by atomic mass is 79.9. The molecular formula is C22H16BrN3O4. The van der Waals surface area contributed by atoms with Gasteiger partial charge in [-0.05, 0) is 42.0 Å². The Kier molecular flexibility index (Phi) is 7.14. The van der Waals surface area contributed by atoms with E-state index in [4.69, 9.17) is 14.8 Å². The number of hydrogen-bond acceptors (Lipinski definition) is 6. The molecule has 30 heavy (non-hydrogen) atoms. The zero-order valence-electron chi connectivity index (χ0n) is 15.7. The van der Waals surface area contributed by atoms with Gasteiger partial charge in [0.2, 0.25) is 0 Å². The predicted octanol–water partition coefficient (Wildman–Crippen LogP) is 5.36. The number of oxime groups is 1. The van der Waals surface area contributed by atoms with E-state index in [-0.39, 0.29) is 18.9 Å². The summed E-state index contributed by atoms with van der Waals surface area (Å²) < 4.78 is 6.70. The first-order valence-electron chi connectivity index (χ1n) is 8.86. The van der Waals surface area contributed by atoms with Crippen molar-refractivity contribution < 1.29 is 14.5 Å². The van der Waals surface area contributed by atoms with Gasteiger partial charge in [-0.15, -0.1) is 0 Å². The normalized spacial score (nSPS) is 10.5. The molecule has 3 aromatic carbocycles. The van der Waals surface area contributed by atoms with Crippen LogP contribution in [-0.2, 0) is 18.1 Å². The van der Waals surface area contributed by atoms with E-state index in [2.05, 4.69) is 27.2 Å². The van der Waals surface area contributed by atoms with Crippen LogP contribution in [0.2, 0.25) is 0 Å². The summed E-state index contributed by atoms with van der Waals surface area (Å²) in [5.41, 5.74) is 2.82. The molecule has 0 radical (unpaired) electrons. The Morgan fingerprint density at radius 2 is 1.87 bits per heavy atom. The van der Waals surface area contributed by atoms with Crippen molar-refractivity contribution in [3.05, 3.63) is 104 Å². The minimum atomic E-state index is -0.442. The molecule has 0 aliphatic rings. The maximum Gasteiger partial charge on any atom is 0.269 e. The lowest BCUT2D eigenvalue weighted by molar-refractivity contribution is -0.384. The van der Waals surface area contributed by atoms with Crippen LogP contribution in [0.5, 0.6) is 5.75 Å². The number of nitro groups is 1. The lowest BCUT2D eigenvalue weighted by Gasteiger charge is -2.10. The molecule has 0 atom stereocenters. The smallest absolute Gasteiger partial charge is 0.269 e. The molecule has 3 aromatic rings. The molecule has 0 aliphatic carbocycles. The van der Waals surface area contributed by atoms with Crippen LogP contribution in [0.15, 0.2) is 76.4 Å². The van der Waals surface area contributed by atoms with Crippen molar-refractivity contribution in [1.29, 1.82) is 5.26 Å². The van der Waals surface area contributed by atoms with E-state index in [0.29, 0.717) is 16.9 Å². The average molecular weight is 466 g/mol. The van der Waals surface area contributed by atoms with Gasteiger partial charge in [0.25, 0.3) is 5.69 Å². The van der Waals surface area contributed by atoms with Crippen molar-refractivity contribution in [3.63, 3.8) is 0 Å². The first-order valence-corrected chi connectivity index (χ1v) is 9.65. The second-order valence-corrected chi connectivity index (χ2v) is 7.09. The van der Waals surface area contributed by atoms with Gasteiger partial charge in [-0.25, -0.2) is 0 Å². The first kappa shape index (κ1) is 21.0. The first-order chi connectivity index (χ1) is 14.6. The van der Waals surface area contributed by atoms with E-state index in [1.165, 1.54) is 18.3 Å². The van der Waals surface area contributed by atoms with E-state index in [1.54, 1.807) is 30.3 Å². The third-order valence-electron chi connectivity index (χ3n) is 4.14. The summed E-state index contributed by atoms with van der Waals surface area (Å²) in [5.74, 6) is 0.585. The molecule has 3 rings (SSSR count). The summed E-state index contributed by atoms with van der Waals surface area (Å²) in [7, 11) is 0. The Hall–Kier alpha value is -3.70. The van der Waals surface area contributed by atoms with Gasteiger partial charge in [0.15, 0.2) is 0 Å². The van der Waals surface area contributed by atoms with Crippen molar-refractivity contribution in [2.75, 3.05) is 0 Å². The fraction of sp³-hybridized carbons (Fsp3) is 0.0909. The second-order valence-electron chi connectivity index (χ2n) is 6.17. The van der Waals surface area contributed by atoms with Crippen LogP contribution in [0, 0.1) is 21.4 Å². The van der Waals surface area contributed by atoms with E-state index in [9.17, 15) is 10.1 Å². The van der Waals surface area contributed by atoms with Crippen molar-refractivity contribution in [2.45, 2.75) is 13.2 Å². The SMILES string of the molecule is N#Cc1ccccc1CO/N=C\c1cc(Br)ccc1OCc1ccc([N+](=O)[O-])cc1. The minimum Gasteiger partial charge on any atom is -0.488 e. The maximum absolute atomic E-state index is 10.7. The van der Waals surface area contributed by atoms with E-state index >= 15 is 0 Å². The summed E-state index contributed by atoms with van der Waals surface area (Å²) in [6.45, 7) is 0.421. The zero-order valence-corrected chi connectivity index (χ0v) is 17.3. The van der Waals surface area contributed by atoms with E-state index in [0.717, 1.165) is 15.6 Å². The van der Waals surface area contributed by atoms with Gasteiger partial charge in [-0.3, -0.25) is 10.1 Å². The van der Waals surface area contributed by atoms with Gasteiger partial charge in [0.1, 0.15) is 19.0 Å². The summed E-state index contributed by atoms with van der Waals surface area (Å²) in [4.78, 5) is 15.6. The Morgan fingerprint density at radius 3 is 2.60 bits per heavy atom. The number of halogens is 1. The van der Waals surface area contributed by atoms with Crippen LogP contribution >= 0.6 is 15.9 Å². The number of hydrogen-bond donors (Lipinski definition) is 0. The number of rotatable bonds is 8. The number of non-ortho nitro benzene ring substituents is 1. The van der Waals surface area contributed by atoms with Gasteiger partial charge in [0, 0.05) is 27.7 Å². The molecule has 0 unspecified atom stereocenters. The molecule has 0 heterocycles. The van der Waals surface area contributed by atoms with Gasteiger partial charge in [-0.1, -0.05) is 39.3 Å². The molecule has 150 valence electrons. The molecular weight excluding hydrogens is 450 g/mol. The van der Waals surface area contributed by atoms with Crippen LogP contribution in [0.1, 0.15) is 22.3 Å². The van der Waals surface area contributed by atoms with E-state index in [1.807, 2.05) is 24.3 Å².